The molecule has 0 saturated heterocycles. The van der Waals surface area contributed by atoms with E-state index in [1.807, 2.05) is 12.4 Å². The van der Waals surface area contributed by atoms with Crippen LogP contribution >= 0.6 is 0 Å². The fourth-order valence-electron chi connectivity index (χ4n) is 1.89. The molecule has 0 spiro atoms. The van der Waals surface area contributed by atoms with Crippen LogP contribution in [0.2, 0.25) is 0 Å². The van der Waals surface area contributed by atoms with E-state index in [-0.39, 0.29) is 0 Å². The first-order valence-electron chi connectivity index (χ1n) is 5.36. The molecule has 3 heteroatoms. The van der Waals surface area contributed by atoms with Crippen LogP contribution in [0.5, 0.6) is 0 Å². The number of nitrogens with one attached hydrogen (secondary N) is 1. The van der Waals surface area contributed by atoms with Gasteiger partial charge in [0.1, 0.15) is 5.49 Å². The summed E-state index contributed by atoms with van der Waals surface area (Å²) in [6, 6.07) is 2.10. The molecule has 1 N–H and O–H groups in total. The number of fused-ring (bicyclic) bond motifs is 1. The summed E-state index contributed by atoms with van der Waals surface area (Å²) in [7, 11) is 4.19. The Kier molecular flexibility index (Phi) is 2.90. The Morgan fingerprint density at radius 1 is 1.40 bits per heavy atom. The Hall–Kier alpha value is -1.51. The Balaban J connectivity index is 2.66. The Labute approximate surface area is 89.8 Å². The number of hydrogen-bond acceptors (Lipinski definition) is 2. The molecule has 15 heavy (non-hydrogen) atoms. The second kappa shape index (κ2) is 4.34. The van der Waals surface area contributed by atoms with Gasteiger partial charge in [-0.2, -0.15) is 0 Å². The summed E-state index contributed by atoms with van der Waals surface area (Å²) in [4.78, 5) is 9.78. The van der Waals surface area contributed by atoms with Crippen LogP contribution in [0.1, 0.15) is 19.3 Å². The molecular weight excluding hydrogens is 186 g/mol. The fourth-order valence-corrected chi connectivity index (χ4v) is 1.89. The maximum Gasteiger partial charge on any atom is 0.138 e. The van der Waals surface area contributed by atoms with E-state index in [2.05, 4.69) is 41.1 Å². The molecule has 1 aliphatic rings. The molecule has 0 fully saturated rings. The first kappa shape index (κ1) is 10.0. The van der Waals surface area contributed by atoms with E-state index in [9.17, 15) is 0 Å². The smallest absolute Gasteiger partial charge is 0.138 e. The molecule has 0 amide bonds. The maximum atomic E-state index is 4.42. The van der Waals surface area contributed by atoms with Gasteiger partial charge in [-0.25, -0.2) is 4.99 Å². The minimum absolute atomic E-state index is 0.969. The lowest BCUT2D eigenvalue weighted by Gasteiger charge is -2.16. The molecule has 0 bridgehead atoms. The monoisotopic (exact) mass is 203 g/mol. The number of aromatic nitrogens is 1. The number of rotatable bonds is 1. The van der Waals surface area contributed by atoms with E-state index >= 15 is 0 Å². The quantitative estimate of drug-likeness (QED) is 0.725. The van der Waals surface area contributed by atoms with Gasteiger partial charge >= 0.3 is 0 Å². The SMILES string of the molecule is CN(C)\C1=c2/cc[nH]/c2=N/C=C\CCC1. The lowest BCUT2D eigenvalue weighted by atomic mass is 10.1. The average molecular weight is 203 g/mol. The van der Waals surface area contributed by atoms with Crippen LogP contribution in [0.3, 0.4) is 0 Å². The highest BCUT2D eigenvalue weighted by molar-refractivity contribution is 5.41. The van der Waals surface area contributed by atoms with Crippen LogP contribution in [0, 0.1) is 0 Å². The molecule has 2 rings (SSSR count). The van der Waals surface area contributed by atoms with Gasteiger partial charge in [0.2, 0.25) is 0 Å². The third-order valence-corrected chi connectivity index (χ3v) is 2.67. The maximum absolute atomic E-state index is 4.42. The Morgan fingerprint density at radius 2 is 2.27 bits per heavy atom. The number of nitrogens with zero attached hydrogens (tertiary/aromatic N) is 2. The van der Waals surface area contributed by atoms with E-state index in [1.54, 1.807) is 0 Å². The van der Waals surface area contributed by atoms with Crippen molar-refractivity contribution >= 4 is 5.70 Å². The van der Waals surface area contributed by atoms with Gasteiger partial charge in [-0.3, -0.25) is 0 Å². The zero-order valence-electron chi connectivity index (χ0n) is 9.33. The molecule has 3 nitrogen and oxygen atoms in total. The molecule has 0 atom stereocenters. The van der Waals surface area contributed by atoms with Gasteiger partial charge in [-0.15, -0.1) is 0 Å². The molecular formula is C12H17N3. The lowest BCUT2D eigenvalue weighted by molar-refractivity contribution is 0.555. The van der Waals surface area contributed by atoms with Gasteiger partial charge in [0.05, 0.1) is 0 Å². The highest BCUT2D eigenvalue weighted by Gasteiger charge is 2.04. The topological polar surface area (TPSA) is 31.4 Å². The largest absolute Gasteiger partial charge is 0.380 e. The van der Waals surface area contributed by atoms with Gasteiger partial charge in [0.25, 0.3) is 0 Å². The van der Waals surface area contributed by atoms with Crippen LogP contribution in [-0.4, -0.2) is 24.0 Å². The van der Waals surface area contributed by atoms with Crippen molar-refractivity contribution in [2.24, 2.45) is 4.99 Å². The summed E-state index contributed by atoms with van der Waals surface area (Å²) in [5.74, 6) is 0. The van der Waals surface area contributed by atoms with Crippen molar-refractivity contribution in [1.29, 1.82) is 0 Å². The second-order valence-electron chi connectivity index (χ2n) is 3.99. The fraction of sp³-hybridized carbons (Fsp3) is 0.417. The van der Waals surface area contributed by atoms with Crippen LogP contribution in [0.15, 0.2) is 29.5 Å². The third kappa shape index (κ3) is 2.12. The van der Waals surface area contributed by atoms with Crippen molar-refractivity contribution in [3.05, 3.63) is 35.2 Å². The van der Waals surface area contributed by atoms with E-state index in [1.165, 1.54) is 17.3 Å². The van der Waals surface area contributed by atoms with Crippen LogP contribution < -0.4 is 10.7 Å². The first-order chi connectivity index (χ1) is 7.29. The zero-order chi connectivity index (χ0) is 10.7. The van der Waals surface area contributed by atoms with Crippen LogP contribution in [-0.2, 0) is 0 Å². The lowest BCUT2D eigenvalue weighted by Crippen LogP contribution is -2.30. The zero-order valence-corrected chi connectivity index (χ0v) is 9.33. The summed E-state index contributed by atoms with van der Waals surface area (Å²) in [6.45, 7) is 0. The summed E-state index contributed by atoms with van der Waals surface area (Å²) < 4.78 is 0. The van der Waals surface area contributed by atoms with Crippen LogP contribution in [0.25, 0.3) is 5.70 Å². The first-order valence-corrected chi connectivity index (χ1v) is 5.36. The van der Waals surface area contributed by atoms with Crippen molar-refractivity contribution in [2.45, 2.75) is 19.3 Å². The standard InChI is InChI=1S/C12H17N3/c1-15(2)11-6-4-3-5-8-13-12-10(11)7-9-14-12/h5,7-9H,3-4,6H2,1-2H3,(H,13,14)/b8-5-,11-10+. The van der Waals surface area contributed by atoms with Crippen molar-refractivity contribution in [3.63, 3.8) is 0 Å². The molecule has 0 unspecified atom stereocenters. The van der Waals surface area contributed by atoms with E-state index in [0.29, 0.717) is 0 Å². The summed E-state index contributed by atoms with van der Waals surface area (Å²) in [5.41, 5.74) is 2.33. The number of hydrogen-bond donors (Lipinski definition) is 1. The molecule has 2 heterocycles. The molecule has 1 aliphatic heterocycles. The highest BCUT2D eigenvalue weighted by Crippen LogP contribution is 2.10. The van der Waals surface area contributed by atoms with Gasteiger partial charge in [0, 0.05) is 37.4 Å². The van der Waals surface area contributed by atoms with Gasteiger partial charge in [0.15, 0.2) is 0 Å². The van der Waals surface area contributed by atoms with Gasteiger partial charge < -0.3 is 9.88 Å². The van der Waals surface area contributed by atoms with Crippen molar-refractivity contribution in [1.82, 2.24) is 9.88 Å². The summed E-state index contributed by atoms with van der Waals surface area (Å²) >= 11 is 0. The molecule has 80 valence electrons. The second-order valence-corrected chi connectivity index (χ2v) is 3.99. The van der Waals surface area contributed by atoms with Crippen molar-refractivity contribution in [3.8, 4) is 0 Å². The third-order valence-electron chi connectivity index (χ3n) is 2.67. The number of aromatic amines is 1. The number of H-pyrrole nitrogens is 1. The molecule has 0 radical (unpaired) electrons. The molecule has 1 aromatic rings. The molecule has 0 aromatic carbocycles. The Morgan fingerprint density at radius 3 is 3.07 bits per heavy atom. The van der Waals surface area contributed by atoms with Crippen molar-refractivity contribution in [2.75, 3.05) is 14.1 Å². The minimum atomic E-state index is 0.969. The van der Waals surface area contributed by atoms with E-state index in [4.69, 9.17) is 0 Å². The minimum Gasteiger partial charge on any atom is -0.380 e. The molecule has 0 aliphatic carbocycles. The van der Waals surface area contributed by atoms with Gasteiger partial charge in [-0.1, -0.05) is 6.08 Å². The normalized spacial score (nSPS) is 24.0. The van der Waals surface area contributed by atoms with Crippen molar-refractivity contribution < 1.29 is 0 Å². The molecule has 1 aromatic heterocycles. The van der Waals surface area contributed by atoms with E-state index < -0.39 is 0 Å². The molecule has 0 saturated carbocycles. The summed E-state index contributed by atoms with van der Waals surface area (Å²) in [6.07, 6.45) is 9.37. The van der Waals surface area contributed by atoms with Gasteiger partial charge in [-0.05, 0) is 25.3 Å². The average Bonchev–Trinajstić information content (AvgIpc) is 2.64. The van der Waals surface area contributed by atoms with Crippen LogP contribution in [0.4, 0.5) is 0 Å². The predicted octanol–water partition coefficient (Wildman–Crippen LogP) is 1.00. The highest BCUT2D eigenvalue weighted by atomic mass is 15.1. The summed E-state index contributed by atoms with van der Waals surface area (Å²) in [5, 5.41) is 1.23. The number of allylic oxidation sites excluding steroid dienone is 1. The Bertz CT molecular complexity index is 465. The predicted molar refractivity (Wildman–Crippen MR) is 61.7 cm³/mol. The van der Waals surface area contributed by atoms with E-state index in [0.717, 1.165) is 18.3 Å².